The van der Waals surface area contributed by atoms with E-state index in [4.69, 9.17) is 0 Å². The van der Waals surface area contributed by atoms with Crippen LogP contribution in [0.4, 0.5) is 5.69 Å². The maximum atomic E-state index is 11.5. The van der Waals surface area contributed by atoms with Crippen molar-refractivity contribution in [2.24, 2.45) is 4.99 Å². The number of rotatable bonds is 0. The first kappa shape index (κ1) is 7.38. The molecule has 1 aromatic carbocycles. The van der Waals surface area contributed by atoms with Crippen molar-refractivity contribution in [1.29, 1.82) is 0 Å². The Morgan fingerprint density at radius 3 is 3.00 bits per heavy atom. The molecule has 0 spiro atoms. The third-order valence-corrected chi connectivity index (χ3v) is 2.33. The van der Waals surface area contributed by atoms with Crippen LogP contribution in [-0.2, 0) is 0 Å². The number of carbonyl (C=O) groups is 1. The van der Waals surface area contributed by atoms with Crippen LogP contribution in [0.5, 0.6) is 0 Å². The van der Waals surface area contributed by atoms with Crippen LogP contribution >= 0.6 is 0 Å². The van der Waals surface area contributed by atoms with Gasteiger partial charge in [0.1, 0.15) is 0 Å². The molecule has 0 bridgehead atoms. The van der Waals surface area contributed by atoms with Crippen molar-refractivity contribution in [2.75, 3.05) is 0 Å². The average molecular weight is 182 g/mol. The Labute approximate surface area is 80.1 Å². The van der Waals surface area contributed by atoms with Crippen molar-refractivity contribution >= 4 is 28.6 Å². The second-order valence-corrected chi connectivity index (χ2v) is 3.15. The van der Waals surface area contributed by atoms with Crippen LogP contribution in [0, 0.1) is 0 Å². The summed E-state index contributed by atoms with van der Waals surface area (Å²) in [6, 6.07) is 7.43. The van der Waals surface area contributed by atoms with Crippen LogP contribution < -0.4 is 0 Å². The van der Waals surface area contributed by atoms with Crippen molar-refractivity contribution in [3.63, 3.8) is 0 Å². The number of nitrogens with zero attached hydrogens (tertiary/aromatic N) is 2. The maximum Gasteiger partial charge on any atom is 0.206 e. The van der Waals surface area contributed by atoms with Crippen molar-refractivity contribution in [3.05, 3.63) is 36.0 Å². The van der Waals surface area contributed by atoms with E-state index in [2.05, 4.69) is 9.98 Å². The first-order valence-electron chi connectivity index (χ1n) is 4.32. The Morgan fingerprint density at radius 2 is 2.07 bits per heavy atom. The summed E-state index contributed by atoms with van der Waals surface area (Å²) < 4.78 is 0. The fourth-order valence-electron chi connectivity index (χ4n) is 1.70. The lowest BCUT2D eigenvalue weighted by Gasteiger charge is -2.00. The Bertz CT molecular complexity index is 573. The van der Waals surface area contributed by atoms with Gasteiger partial charge in [0.2, 0.25) is 5.78 Å². The SMILES string of the molecule is O=C1C=Nc2ccc3ncccc3c21. The number of hydrogen-bond acceptors (Lipinski definition) is 3. The number of fused-ring (bicyclic) bond motifs is 3. The molecule has 0 atom stereocenters. The van der Waals surface area contributed by atoms with E-state index in [0.717, 1.165) is 16.6 Å². The fraction of sp³-hybridized carbons (Fsp3) is 0. The van der Waals surface area contributed by atoms with Gasteiger partial charge in [-0.25, -0.2) is 0 Å². The second kappa shape index (κ2) is 2.48. The molecule has 0 aliphatic carbocycles. The van der Waals surface area contributed by atoms with Gasteiger partial charge in [0.05, 0.1) is 23.0 Å². The van der Waals surface area contributed by atoms with Crippen LogP contribution in [0.2, 0.25) is 0 Å². The predicted octanol–water partition coefficient (Wildman–Crippen LogP) is 2.13. The van der Waals surface area contributed by atoms with Gasteiger partial charge in [0.25, 0.3) is 0 Å². The average Bonchev–Trinajstić information content (AvgIpc) is 2.61. The molecule has 0 N–H and O–H groups in total. The third-order valence-electron chi connectivity index (χ3n) is 2.33. The summed E-state index contributed by atoms with van der Waals surface area (Å²) in [6.45, 7) is 0. The molecule has 3 heteroatoms. The molecule has 3 rings (SSSR count). The highest BCUT2D eigenvalue weighted by molar-refractivity contribution is 6.42. The highest BCUT2D eigenvalue weighted by Gasteiger charge is 2.18. The third kappa shape index (κ3) is 0.836. The van der Waals surface area contributed by atoms with E-state index >= 15 is 0 Å². The molecular formula is C11H6N2O. The lowest BCUT2D eigenvalue weighted by molar-refractivity contribution is 0.107. The number of pyridine rings is 1. The van der Waals surface area contributed by atoms with Gasteiger partial charge in [0, 0.05) is 11.6 Å². The minimum atomic E-state index is -0.0291. The van der Waals surface area contributed by atoms with E-state index in [1.807, 2.05) is 24.3 Å². The van der Waals surface area contributed by atoms with Gasteiger partial charge >= 0.3 is 0 Å². The second-order valence-electron chi connectivity index (χ2n) is 3.15. The molecule has 14 heavy (non-hydrogen) atoms. The zero-order valence-electron chi connectivity index (χ0n) is 7.27. The molecule has 66 valence electrons. The standard InChI is InChI=1S/C11H6N2O/c14-10-6-13-9-4-3-8-7(11(9)10)2-1-5-12-8/h1-6H. The molecule has 0 saturated carbocycles. The summed E-state index contributed by atoms with van der Waals surface area (Å²) in [5.74, 6) is -0.0291. The number of carbonyl (C=O) groups excluding carboxylic acids is 1. The van der Waals surface area contributed by atoms with Gasteiger partial charge in [-0.15, -0.1) is 0 Å². The Hall–Kier alpha value is -2.03. The summed E-state index contributed by atoms with van der Waals surface area (Å²) in [5, 5.41) is 0.882. The molecule has 0 amide bonds. The number of aromatic nitrogens is 1. The van der Waals surface area contributed by atoms with E-state index in [0.29, 0.717) is 5.56 Å². The van der Waals surface area contributed by atoms with Gasteiger partial charge in [0.15, 0.2) is 0 Å². The molecule has 1 aliphatic rings. The molecule has 2 aromatic rings. The normalized spacial score (nSPS) is 13.6. The zero-order valence-corrected chi connectivity index (χ0v) is 7.27. The predicted molar refractivity (Wildman–Crippen MR) is 54.2 cm³/mol. The van der Waals surface area contributed by atoms with Crippen molar-refractivity contribution in [1.82, 2.24) is 4.98 Å². The number of ketones is 1. The lowest BCUT2D eigenvalue weighted by atomic mass is 10.1. The molecule has 3 nitrogen and oxygen atoms in total. The quantitative estimate of drug-likeness (QED) is 0.626. The summed E-state index contributed by atoms with van der Waals surface area (Å²) in [6.07, 6.45) is 3.08. The van der Waals surface area contributed by atoms with E-state index in [1.165, 1.54) is 6.21 Å². The first-order chi connectivity index (χ1) is 6.86. The summed E-state index contributed by atoms with van der Waals surface area (Å²) in [5.41, 5.74) is 2.26. The minimum absolute atomic E-state index is 0.0291. The van der Waals surface area contributed by atoms with Crippen molar-refractivity contribution in [3.8, 4) is 0 Å². The smallest absolute Gasteiger partial charge is 0.206 e. The van der Waals surface area contributed by atoms with Gasteiger partial charge in [-0.3, -0.25) is 14.8 Å². The van der Waals surface area contributed by atoms with Gasteiger partial charge in [-0.05, 0) is 18.2 Å². The summed E-state index contributed by atoms with van der Waals surface area (Å²) in [7, 11) is 0. The van der Waals surface area contributed by atoms with Crippen LogP contribution in [0.3, 0.4) is 0 Å². The zero-order chi connectivity index (χ0) is 9.54. The fourth-order valence-corrected chi connectivity index (χ4v) is 1.70. The monoisotopic (exact) mass is 182 g/mol. The van der Waals surface area contributed by atoms with Gasteiger partial charge in [-0.1, -0.05) is 6.07 Å². The minimum Gasteiger partial charge on any atom is -0.287 e. The summed E-state index contributed by atoms with van der Waals surface area (Å²) in [4.78, 5) is 19.7. The van der Waals surface area contributed by atoms with E-state index in [1.54, 1.807) is 6.20 Å². The van der Waals surface area contributed by atoms with E-state index in [9.17, 15) is 4.79 Å². The number of hydrogen-bond donors (Lipinski definition) is 0. The first-order valence-corrected chi connectivity index (χ1v) is 4.32. The van der Waals surface area contributed by atoms with Crippen LogP contribution in [0.15, 0.2) is 35.5 Å². The van der Waals surface area contributed by atoms with Crippen molar-refractivity contribution in [2.45, 2.75) is 0 Å². The molecule has 0 fully saturated rings. The van der Waals surface area contributed by atoms with Crippen molar-refractivity contribution < 1.29 is 4.79 Å². The van der Waals surface area contributed by atoms with Gasteiger partial charge in [-0.2, -0.15) is 0 Å². The largest absolute Gasteiger partial charge is 0.287 e. The topological polar surface area (TPSA) is 42.3 Å². The number of Topliss-reactive ketones (excluding diaryl/α,β-unsaturated/α-hetero) is 1. The molecule has 0 unspecified atom stereocenters. The number of aliphatic imine (C=N–C) groups is 1. The number of benzene rings is 1. The van der Waals surface area contributed by atoms with Crippen LogP contribution in [0.25, 0.3) is 10.9 Å². The molecule has 1 aliphatic heterocycles. The molecule has 0 saturated heterocycles. The van der Waals surface area contributed by atoms with Crippen LogP contribution in [-0.4, -0.2) is 17.0 Å². The van der Waals surface area contributed by atoms with Crippen LogP contribution in [0.1, 0.15) is 10.4 Å². The van der Waals surface area contributed by atoms with E-state index < -0.39 is 0 Å². The molecular weight excluding hydrogens is 176 g/mol. The Kier molecular flexibility index (Phi) is 1.31. The Morgan fingerprint density at radius 1 is 1.14 bits per heavy atom. The lowest BCUT2D eigenvalue weighted by Crippen LogP contribution is -1.95. The Balaban J connectivity index is 2.50. The highest BCUT2D eigenvalue weighted by atomic mass is 16.1. The molecule has 0 radical (unpaired) electrons. The summed E-state index contributed by atoms with van der Waals surface area (Å²) >= 11 is 0. The molecule has 2 heterocycles. The molecule has 1 aromatic heterocycles. The van der Waals surface area contributed by atoms with E-state index in [-0.39, 0.29) is 5.78 Å². The van der Waals surface area contributed by atoms with Gasteiger partial charge < -0.3 is 0 Å². The highest BCUT2D eigenvalue weighted by Crippen LogP contribution is 2.30. The maximum absolute atomic E-state index is 11.5.